The van der Waals surface area contributed by atoms with Gasteiger partial charge in [0.05, 0.1) is 22.3 Å². The summed E-state index contributed by atoms with van der Waals surface area (Å²) in [7, 11) is 1.68. The Kier molecular flexibility index (Phi) is 5.67. The zero-order valence-corrected chi connectivity index (χ0v) is 16.3. The van der Waals surface area contributed by atoms with Crippen LogP contribution in [0.2, 0.25) is 4.34 Å². The molecule has 3 amide bonds. The van der Waals surface area contributed by atoms with Crippen molar-refractivity contribution in [1.82, 2.24) is 5.32 Å². The molecular weight excluding hydrogens is 390 g/mol. The molecule has 142 valence electrons. The van der Waals surface area contributed by atoms with Gasteiger partial charge in [0.15, 0.2) is 0 Å². The lowest BCUT2D eigenvalue weighted by atomic mass is 10.2. The van der Waals surface area contributed by atoms with Crippen LogP contribution < -0.4 is 15.1 Å². The summed E-state index contributed by atoms with van der Waals surface area (Å²) >= 11 is 7.02. The minimum Gasteiger partial charge on any atom is -0.442 e. The molecule has 9 heteroatoms. The van der Waals surface area contributed by atoms with Crippen LogP contribution in [0.1, 0.15) is 16.6 Å². The smallest absolute Gasteiger partial charge is 0.414 e. The number of amides is 3. The van der Waals surface area contributed by atoms with E-state index in [9.17, 15) is 14.4 Å². The van der Waals surface area contributed by atoms with Crippen molar-refractivity contribution in [2.45, 2.75) is 13.0 Å². The Labute approximate surface area is 165 Å². The third kappa shape index (κ3) is 4.40. The molecule has 2 heterocycles. The molecule has 7 nitrogen and oxygen atoms in total. The molecule has 2 aromatic rings. The van der Waals surface area contributed by atoms with Crippen LogP contribution in [0, 0.1) is 0 Å². The first-order chi connectivity index (χ1) is 12.8. The highest BCUT2D eigenvalue weighted by Gasteiger charge is 2.32. The van der Waals surface area contributed by atoms with Gasteiger partial charge >= 0.3 is 6.09 Å². The van der Waals surface area contributed by atoms with Gasteiger partial charge in [-0.05, 0) is 36.4 Å². The molecule has 1 N–H and O–H groups in total. The predicted octanol–water partition coefficient (Wildman–Crippen LogP) is 3.14. The highest BCUT2D eigenvalue weighted by atomic mass is 35.5. The third-order valence-electron chi connectivity index (χ3n) is 4.18. The Bertz CT molecular complexity index is 868. The second-order valence-electron chi connectivity index (χ2n) is 6.02. The molecule has 0 aliphatic carbocycles. The summed E-state index contributed by atoms with van der Waals surface area (Å²) in [5.74, 6) is -0.329. The van der Waals surface area contributed by atoms with Crippen molar-refractivity contribution in [2.24, 2.45) is 0 Å². The van der Waals surface area contributed by atoms with Gasteiger partial charge in [0.25, 0.3) is 5.91 Å². The average molecular weight is 408 g/mol. The summed E-state index contributed by atoms with van der Waals surface area (Å²) < 4.78 is 5.86. The van der Waals surface area contributed by atoms with Crippen LogP contribution in [-0.4, -0.2) is 44.1 Å². The zero-order chi connectivity index (χ0) is 19.6. The van der Waals surface area contributed by atoms with E-state index in [1.54, 1.807) is 43.4 Å². The molecule has 1 unspecified atom stereocenters. The van der Waals surface area contributed by atoms with Gasteiger partial charge in [0.2, 0.25) is 5.91 Å². The fourth-order valence-corrected chi connectivity index (χ4v) is 3.57. The number of nitrogens with zero attached hydrogens (tertiary/aromatic N) is 2. The molecule has 0 saturated carbocycles. The number of carbonyl (C=O) groups excluding carboxylic acids is 3. The summed E-state index contributed by atoms with van der Waals surface area (Å²) in [6.07, 6.45) is -0.919. The maximum absolute atomic E-state index is 12.1. The monoisotopic (exact) mass is 407 g/mol. The SMILES string of the molecule is CC(=O)N(C)c1ccc(N2CC(CNC(=O)c3ccc(Cl)s3)OC2=O)cc1. The van der Waals surface area contributed by atoms with Crippen molar-refractivity contribution in [2.75, 3.05) is 29.9 Å². The number of hydrogen-bond donors (Lipinski definition) is 1. The first-order valence-electron chi connectivity index (χ1n) is 8.21. The molecule has 1 aliphatic rings. The molecule has 0 spiro atoms. The molecule has 1 saturated heterocycles. The normalized spacial score (nSPS) is 16.2. The maximum atomic E-state index is 12.1. The summed E-state index contributed by atoms with van der Waals surface area (Å²) in [5, 5.41) is 2.75. The summed E-state index contributed by atoms with van der Waals surface area (Å²) in [6.45, 7) is 2.02. The molecule has 1 atom stereocenters. The van der Waals surface area contributed by atoms with Gasteiger partial charge in [0.1, 0.15) is 6.10 Å². The van der Waals surface area contributed by atoms with E-state index < -0.39 is 12.2 Å². The Morgan fingerprint density at radius 1 is 1.30 bits per heavy atom. The van der Waals surface area contributed by atoms with Gasteiger partial charge in [-0.1, -0.05) is 11.6 Å². The Morgan fingerprint density at radius 2 is 2.00 bits per heavy atom. The highest BCUT2D eigenvalue weighted by molar-refractivity contribution is 7.17. The number of nitrogens with one attached hydrogen (secondary N) is 1. The number of thiophene rings is 1. The molecule has 1 aromatic heterocycles. The molecule has 1 aliphatic heterocycles. The van der Waals surface area contributed by atoms with Gasteiger partial charge in [-0.2, -0.15) is 0 Å². The predicted molar refractivity (Wildman–Crippen MR) is 105 cm³/mol. The number of ether oxygens (including phenoxy) is 1. The fourth-order valence-electron chi connectivity index (χ4n) is 2.61. The van der Waals surface area contributed by atoms with Gasteiger partial charge < -0.3 is 15.0 Å². The third-order valence-corrected chi connectivity index (χ3v) is 5.41. The van der Waals surface area contributed by atoms with Crippen LogP contribution in [0.25, 0.3) is 0 Å². The second kappa shape index (κ2) is 7.98. The van der Waals surface area contributed by atoms with E-state index >= 15 is 0 Å². The van der Waals surface area contributed by atoms with Crippen molar-refractivity contribution in [3.8, 4) is 0 Å². The van der Waals surface area contributed by atoms with E-state index in [1.165, 1.54) is 28.1 Å². The van der Waals surface area contributed by atoms with E-state index in [-0.39, 0.29) is 18.4 Å². The second-order valence-corrected chi connectivity index (χ2v) is 7.74. The van der Waals surface area contributed by atoms with Crippen molar-refractivity contribution < 1.29 is 19.1 Å². The summed E-state index contributed by atoms with van der Waals surface area (Å²) in [6, 6.07) is 10.3. The number of benzene rings is 1. The van der Waals surface area contributed by atoms with Crippen molar-refractivity contribution in [3.05, 3.63) is 45.6 Å². The van der Waals surface area contributed by atoms with Gasteiger partial charge in [-0.3, -0.25) is 14.5 Å². The van der Waals surface area contributed by atoms with Crippen LogP contribution in [0.15, 0.2) is 36.4 Å². The number of rotatable bonds is 5. The van der Waals surface area contributed by atoms with Crippen LogP contribution in [-0.2, 0) is 9.53 Å². The standard InChI is InChI=1S/C18H18ClN3O4S/c1-11(23)21(2)12-3-5-13(6-4-12)22-10-14(26-18(22)25)9-20-17(24)15-7-8-16(19)27-15/h3-8,14H,9-10H2,1-2H3,(H,20,24). The van der Waals surface area contributed by atoms with Crippen molar-refractivity contribution >= 4 is 52.2 Å². The quantitative estimate of drug-likeness (QED) is 0.825. The summed E-state index contributed by atoms with van der Waals surface area (Å²) in [4.78, 5) is 39.1. The Balaban J connectivity index is 1.58. The van der Waals surface area contributed by atoms with Crippen LogP contribution in [0.5, 0.6) is 0 Å². The topological polar surface area (TPSA) is 79.0 Å². The molecule has 27 heavy (non-hydrogen) atoms. The van der Waals surface area contributed by atoms with E-state index in [2.05, 4.69) is 5.32 Å². The lowest BCUT2D eigenvalue weighted by Gasteiger charge is -2.17. The minimum absolute atomic E-state index is 0.0776. The van der Waals surface area contributed by atoms with Gasteiger partial charge in [-0.15, -0.1) is 11.3 Å². The van der Waals surface area contributed by atoms with Crippen molar-refractivity contribution in [1.29, 1.82) is 0 Å². The maximum Gasteiger partial charge on any atom is 0.414 e. The highest BCUT2D eigenvalue weighted by Crippen LogP contribution is 2.25. The van der Waals surface area contributed by atoms with E-state index in [0.29, 0.717) is 21.4 Å². The average Bonchev–Trinajstić information content (AvgIpc) is 3.25. The molecule has 1 aromatic carbocycles. The molecule has 3 rings (SSSR count). The lowest BCUT2D eigenvalue weighted by Crippen LogP contribution is -2.34. The molecule has 1 fully saturated rings. The first-order valence-corrected chi connectivity index (χ1v) is 9.40. The Morgan fingerprint density at radius 3 is 2.59 bits per heavy atom. The number of hydrogen-bond acceptors (Lipinski definition) is 5. The van der Waals surface area contributed by atoms with Gasteiger partial charge in [0, 0.05) is 25.3 Å². The lowest BCUT2D eigenvalue weighted by molar-refractivity contribution is -0.116. The fraction of sp³-hybridized carbons (Fsp3) is 0.278. The van der Waals surface area contributed by atoms with Gasteiger partial charge in [-0.25, -0.2) is 4.79 Å². The number of cyclic esters (lactones) is 1. The number of halogens is 1. The molecule has 0 bridgehead atoms. The van der Waals surface area contributed by atoms with Crippen molar-refractivity contribution in [3.63, 3.8) is 0 Å². The number of anilines is 2. The number of carbonyl (C=O) groups is 3. The van der Waals surface area contributed by atoms with E-state index in [1.807, 2.05) is 0 Å². The van der Waals surface area contributed by atoms with Crippen LogP contribution in [0.3, 0.4) is 0 Å². The first kappa shape index (κ1) is 19.2. The minimum atomic E-state index is -0.471. The molecular formula is C18H18ClN3O4S. The summed E-state index contributed by atoms with van der Waals surface area (Å²) in [5.41, 5.74) is 1.40. The zero-order valence-electron chi connectivity index (χ0n) is 14.8. The van der Waals surface area contributed by atoms with E-state index in [0.717, 1.165) is 5.69 Å². The molecule has 0 radical (unpaired) electrons. The van der Waals surface area contributed by atoms with E-state index in [4.69, 9.17) is 16.3 Å². The largest absolute Gasteiger partial charge is 0.442 e. The Hall–Kier alpha value is -2.58. The van der Waals surface area contributed by atoms with Crippen LogP contribution in [0.4, 0.5) is 16.2 Å². The van der Waals surface area contributed by atoms with Crippen LogP contribution >= 0.6 is 22.9 Å².